The van der Waals surface area contributed by atoms with E-state index in [4.69, 9.17) is 10.5 Å². The fourth-order valence-corrected chi connectivity index (χ4v) is 5.03. The van der Waals surface area contributed by atoms with Gasteiger partial charge in [-0.1, -0.05) is 12.8 Å². The molecule has 1 aromatic carbocycles. The third-order valence-corrected chi connectivity index (χ3v) is 6.89. The van der Waals surface area contributed by atoms with Crippen LogP contribution in [0.1, 0.15) is 85.7 Å². The van der Waals surface area contributed by atoms with Crippen LogP contribution in [-0.2, 0) is 4.79 Å². The van der Waals surface area contributed by atoms with Gasteiger partial charge in [0.2, 0.25) is 17.7 Å². The van der Waals surface area contributed by atoms with Crippen molar-refractivity contribution in [2.45, 2.75) is 70.8 Å². The molecule has 1 aromatic heterocycles. The summed E-state index contributed by atoms with van der Waals surface area (Å²) in [7, 11) is 0. The maximum absolute atomic E-state index is 13.2. The van der Waals surface area contributed by atoms with Gasteiger partial charge < -0.3 is 20.3 Å². The first-order chi connectivity index (χ1) is 17.0. The molecular formula is C27H37N5O3. The van der Waals surface area contributed by atoms with Crippen LogP contribution in [0.3, 0.4) is 0 Å². The summed E-state index contributed by atoms with van der Waals surface area (Å²) in [6.45, 7) is 5.97. The number of hydrogen-bond donors (Lipinski definition) is 1. The Bertz CT molecular complexity index is 1000. The minimum atomic E-state index is -0.481. The molecule has 2 saturated heterocycles. The first kappa shape index (κ1) is 25.1. The van der Waals surface area contributed by atoms with Crippen molar-refractivity contribution >= 4 is 11.8 Å². The molecule has 2 aliphatic heterocycles. The Morgan fingerprint density at radius 3 is 2.43 bits per heavy atom. The normalized spacial score (nSPS) is 19.2. The minimum absolute atomic E-state index is 0.131. The van der Waals surface area contributed by atoms with Gasteiger partial charge >= 0.3 is 0 Å². The van der Waals surface area contributed by atoms with E-state index in [1.165, 1.54) is 25.7 Å². The number of ether oxygens (including phenoxy) is 1. The van der Waals surface area contributed by atoms with E-state index in [0.29, 0.717) is 29.4 Å². The Kier molecular flexibility index (Phi) is 8.69. The molecule has 0 spiro atoms. The molecular weight excluding hydrogens is 442 g/mol. The summed E-state index contributed by atoms with van der Waals surface area (Å²) in [4.78, 5) is 38.4. The average molecular weight is 480 g/mol. The number of piperidine rings is 1. The standard InChI is InChI=1S/C27H37N5O3/c1-20-19-24(35-22-13-11-21(12-14-22)26(28)34)30-27(29-20)23-9-4-7-18-32(23)25(33)10-8-17-31-15-5-2-3-6-16-31/h11-14,19,23H,2-10,15-18H2,1H3,(H2,28,34)/t23-/m1/s1. The molecule has 8 heteroatoms. The van der Waals surface area contributed by atoms with Crippen LogP contribution >= 0.6 is 0 Å². The molecule has 2 aromatic rings. The van der Waals surface area contributed by atoms with Gasteiger partial charge in [-0.25, -0.2) is 4.98 Å². The Balaban J connectivity index is 1.41. The Hall–Kier alpha value is -3.00. The van der Waals surface area contributed by atoms with Crippen molar-refractivity contribution in [1.29, 1.82) is 0 Å². The third-order valence-electron chi connectivity index (χ3n) is 6.89. The van der Waals surface area contributed by atoms with Gasteiger partial charge in [-0.2, -0.15) is 4.98 Å². The number of rotatable bonds is 8. The predicted octanol–water partition coefficient (Wildman–Crippen LogP) is 4.39. The molecule has 2 aliphatic rings. The maximum atomic E-state index is 13.2. The highest BCUT2D eigenvalue weighted by molar-refractivity contribution is 5.92. The van der Waals surface area contributed by atoms with Crippen LogP contribution in [0.5, 0.6) is 11.6 Å². The van der Waals surface area contributed by atoms with Gasteiger partial charge in [0.05, 0.1) is 6.04 Å². The summed E-state index contributed by atoms with van der Waals surface area (Å²) in [6, 6.07) is 8.28. The molecule has 1 atom stereocenters. The molecule has 0 unspecified atom stereocenters. The van der Waals surface area contributed by atoms with E-state index in [1.54, 1.807) is 30.3 Å². The summed E-state index contributed by atoms with van der Waals surface area (Å²) in [5, 5.41) is 0. The van der Waals surface area contributed by atoms with E-state index in [-0.39, 0.29) is 11.9 Å². The largest absolute Gasteiger partial charge is 0.439 e. The van der Waals surface area contributed by atoms with Crippen LogP contribution in [0.15, 0.2) is 30.3 Å². The number of amides is 2. The zero-order chi connectivity index (χ0) is 24.6. The Morgan fingerprint density at radius 2 is 1.71 bits per heavy atom. The van der Waals surface area contributed by atoms with Crippen LogP contribution < -0.4 is 10.5 Å². The molecule has 0 aliphatic carbocycles. The number of hydrogen-bond acceptors (Lipinski definition) is 6. The van der Waals surface area contributed by atoms with Gasteiger partial charge in [0.15, 0.2) is 5.82 Å². The summed E-state index contributed by atoms with van der Waals surface area (Å²) in [5.74, 6) is 1.33. The van der Waals surface area contributed by atoms with Crippen LogP contribution in [0.4, 0.5) is 0 Å². The van der Waals surface area contributed by atoms with E-state index in [0.717, 1.165) is 57.6 Å². The lowest BCUT2D eigenvalue weighted by Crippen LogP contribution is -2.39. The summed E-state index contributed by atoms with van der Waals surface area (Å²) in [6.07, 6.45) is 9.56. The third kappa shape index (κ3) is 7.01. The molecule has 2 amide bonds. The van der Waals surface area contributed by atoms with Crippen molar-refractivity contribution in [3.63, 3.8) is 0 Å². The van der Waals surface area contributed by atoms with E-state index in [2.05, 4.69) is 14.9 Å². The number of aryl methyl sites for hydroxylation is 1. The van der Waals surface area contributed by atoms with E-state index < -0.39 is 5.91 Å². The van der Waals surface area contributed by atoms with Gasteiger partial charge in [0, 0.05) is 30.3 Å². The molecule has 0 saturated carbocycles. The minimum Gasteiger partial charge on any atom is -0.439 e. The van der Waals surface area contributed by atoms with Gasteiger partial charge in [-0.05, 0) is 89.3 Å². The predicted molar refractivity (Wildman–Crippen MR) is 134 cm³/mol. The Labute approximate surface area is 207 Å². The molecule has 8 nitrogen and oxygen atoms in total. The lowest BCUT2D eigenvalue weighted by molar-refractivity contribution is -0.135. The second-order valence-corrected chi connectivity index (χ2v) is 9.65. The highest BCUT2D eigenvalue weighted by Gasteiger charge is 2.30. The Morgan fingerprint density at radius 1 is 1.00 bits per heavy atom. The number of nitrogens with two attached hydrogens (primary N) is 1. The molecule has 2 N–H and O–H groups in total. The highest BCUT2D eigenvalue weighted by Crippen LogP contribution is 2.31. The smallest absolute Gasteiger partial charge is 0.248 e. The molecule has 4 rings (SSSR count). The van der Waals surface area contributed by atoms with Crippen molar-refractivity contribution in [3.8, 4) is 11.6 Å². The number of primary amides is 1. The van der Waals surface area contributed by atoms with Gasteiger partial charge in [0.1, 0.15) is 5.75 Å². The van der Waals surface area contributed by atoms with Crippen molar-refractivity contribution < 1.29 is 14.3 Å². The maximum Gasteiger partial charge on any atom is 0.248 e. The number of nitrogens with zero attached hydrogens (tertiary/aromatic N) is 4. The molecule has 3 heterocycles. The fourth-order valence-electron chi connectivity index (χ4n) is 5.03. The van der Waals surface area contributed by atoms with Crippen molar-refractivity contribution in [2.75, 3.05) is 26.2 Å². The van der Waals surface area contributed by atoms with Crippen LogP contribution in [-0.4, -0.2) is 57.8 Å². The van der Waals surface area contributed by atoms with Crippen molar-refractivity contribution in [1.82, 2.24) is 19.8 Å². The number of carbonyl (C=O) groups is 2. The van der Waals surface area contributed by atoms with Gasteiger partial charge in [-0.3, -0.25) is 9.59 Å². The number of carbonyl (C=O) groups excluding carboxylic acids is 2. The first-order valence-corrected chi connectivity index (χ1v) is 12.9. The lowest BCUT2D eigenvalue weighted by atomic mass is 10.0. The first-order valence-electron chi connectivity index (χ1n) is 12.9. The van der Waals surface area contributed by atoms with Crippen LogP contribution in [0.25, 0.3) is 0 Å². The van der Waals surface area contributed by atoms with E-state index in [9.17, 15) is 9.59 Å². The lowest BCUT2D eigenvalue weighted by Gasteiger charge is -2.35. The molecule has 2 fully saturated rings. The van der Waals surface area contributed by atoms with Gasteiger partial charge in [-0.15, -0.1) is 0 Å². The molecule has 0 radical (unpaired) electrons. The number of benzene rings is 1. The number of likely N-dealkylation sites (tertiary alicyclic amines) is 2. The fraction of sp³-hybridized carbons (Fsp3) is 0.556. The van der Waals surface area contributed by atoms with Crippen molar-refractivity contribution in [2.24, 2.45) is 5.73 Å². The van der Waals surface area contributed by atoms with Crippen molar-refractivity contribution in [3.05, 3.63) is 47.4 Å². The monoisotopic (exact) mass is 479 g/mol. The second kappa shape index (κ2) is 12.1. The summed E-state index contributed by atoms with van der Waals surface area (Å²) >= 11 is 0. The number of aromatic nitrogens is 2. The summed E-state index contributed by atoms with van der Waals surface area (Å²) < 4.78 is 5.95. The SMILES string of the molecule is Cc1cc(Oc2ccc(C(N)=O)cc2)nc([C@H]2CCCCN2C(=O)CCCN2CCCCCC2)n1. The molecule has 188 valence electrons. The molecule has 35 heavy (non-hydrogen) atoms. The van der Waals surface area contributed by atoms with E-state index >= 15 is 0 Å². The van der Waals surface area contributed by atoms with E-state index in [1.807, 2.05) is 11.8 Å². The summed E-state index contributed by atoms with van der Waals surface area (Å²) in [5.41, 5.74) is 6.53. The topological polar surface area (TPSA) is 102 Å². The zero-order valence-corrected chi connectivity index (χ0v) is 20.7. The van der Waals surface area contributed by atoms with Gasteiger partial charge in [0.25, 0.3) is 0 Å². The quantitative estimate of drug-likeness (QED) is 0.603. The molecule has 0 bridgehead atoms. The highest BCUT2D eigenvalue weighted by atomic mass is 16.5. The average Bonchev–Trinajstić information content (AvgIpc) is 3.13. The second-order valence-electron chi connectivity index (χ2n) is 9.65. The van der Waals surface area contributed by atoms with Crippen LogP contribution in [0, 0.1) is 6.92 Å². The van der Waals surface area contributed by atoms with Crippen LogP contribution in [0.2, 0.25) is 0 Å². The zero-order valence-electron chi connectivity index (χ0n) is 20.7.